The number of carbonyl (C=O) groups is 2. The van der Waals surface area contributed by atoms with E-state index in [2.05, 4.69) is 0 Å². The van der Waals surface area contributed by atoms with Crippen LogP contribution in [0.3, 0.4) is 0 Å². The van der Waals surface area contributed by atoms with E-state index >= 15 is 0 Å². The third-order valence-corrected chi connectivity index (χ3v) is 3.23. The standard InChI is InChI=1S/C13H16O2.CH2O3/c14-13(15)12-8-6-11(7-9-12)10-4-2-1-3-5-10;2-1(3)4/h6-10H,1-5H2,(H,14,15);(H2,2,3,4). The van der Waals surface area contributed by atoms with E-state index in [4.69, 9.17) is 20.1 Å². The predicted molar refractivity (Wildman–Crippen MR) is 69.9 cm³/mol. The minimum Gasteiger partial charge on any atom is -0.478 e. The Labute approximate surface area is 111 Å². The van der Waals surface area contributed by atoms with Gasteiger partial charge in [-0.2, -0.15) is 0 Å². The fourth-order valence-corrected chi connectivity index (χ4v) is 2.33. The summed E-state index contributed by atoms with van der Waals surface area (Å²) in [5.41, 5.74) is 1.69. The molecule has 1 aromatic rings. The fourth-order valence-electron chi connectivity index (χ4n) is 2.33. The highest BCUT2D eigenvalue weighted by atomic mass is 16.6. The van der Waals surface area contributed by atoms with Crippen LogP contribution in [-0.2, 0) is 0 Å². The van der Waals surface area contributed by atoms with Crippen molar-refractivity contribution in [1.29, 1.82) is 0 Å². The molecule has 0 spiro atoms. The molecule has 0 atom stereocenters. The van der Waals surface area contributed by atoms with Crippen LogP contribution in [0.1, 0.15) is 53.9 Å². The second-order valence-corrected chi connectivity index (χ2v) is 4.54. The molecule has 0 heterocycles. The molecule has 0 aromatic heterocycles. The first-order valence-corrected chi connectivity index (χ1v) is 6.26. The smallest absolute Gasteiger partial charge is 0.478 e. The minimum atomic E-state index is -1.83. The van der Waals surface area contributed by atoms with Crippen LogP contribution >= 0.6 is 0 Å². The summed E-state index contributed by atoms with van der Waals surface area (Å²) in [5.74, 6) is -0.188. The molecule has 1 aliphatic carbocycles. The lowest BCUT2D eigenvalue weighted by Crippen LogP contribution is -2.05. The molecule has 1 aliphatic rings. The molecule has 104 valence electrons. The Kier molecular flexibility index (Phi) is 5.85. The van der Waals surface area contributed by atoms with E-state index in [1.807, 2.05) is 12.1 Å². The quantitative estimate of drug-likeness (QED) is 0.759. The summed E-state index contributed by atoms with van der Waals surface area (Å²) in [7, 11) is 0. The van der Waals surface area contributed by atoms with Gasteiger partial charge in [0.25, 0.3) is 0 Å². The average molecular weight is 266 g/mol. The van der Waals surface area contributed by atoms with Crippen molar-refractivity contribution in [3.63, 3.8) is 0 Å². The monoisotopic (exact) mass is 266 g/mol. The Morgan fingerprint density at radius 2 is 1.37 bits per heavy atom. The lowest BCUT2D eigenvalue weighted by atomic mass is 9.84. The molecule has 0 unspecified atom stereocenters. The molecule has 0 bridgehead atoms. The molecule has 5 heteroatoms. The van der Waals surface area contributed by atoms with Gasteiger partial charge in [-0.05, 0) is 36.5 Å². The van der Waals surface area contributed by atoms with E-state index in [0.29, 0.717) is 11.5 Å². The number of carboxylic acids is 1. The number of rotatable bonds is 2. The van der Waals surface area contributed by atoms with Gasteiger partial charge in [0.15, 0.2) is 0 Å². The summed E-state index contributed by atoms with van der Waals surface area (Å²) < 4.78 is 0. The van der Waals surface area contributed by atoms with Gasteiger partial charge in [0.2, 0.25) is 0 Å². The second-order valence-electron chi connectivity index (χ2n) is 4.54. The van der Waals surface area contributed by atoms with E-state index in [1.165, 1.54) is 37.7 Å². The molecule has 19 heavy (non-hydrogen) atoms. The lowest BCUT2D eigenvalue weighted by Gasteiger charge is -2.21. The Morgan fingerprint density at radius 3 is 1.79 bits per heavy atom. The van der Waals surface area contributed by atoms with E-state index in [9.17, 15) is 4.79 Å². The number of hydrogen-bond acceptors (Lipinski definition) is 2. The number of benzene rings is 1. The van der Waals surface area contributed by atoms with Gasteiger partial charge in [-0.15, -0.1) is 0 Å². The molecule has 5 nitrogen and oxygen atoms in total. The zero-order valence-corrected chi connectivity index (χ0v) is 10.6. The summed E-state index contributed by atoms with van der Waals surface area (Å²) in [4.78, 5) is 19.2. The van der Waals surface area contributed by atoms with Gasteiger partial charge >= 0.3 is 12.1 Å². The Morgan fingerprint density at radius 1 is 0.895 bits per heavy atom. The molecule has 1 saturated carbocycles. The second kappa shape index (κ2) is 7.41. The lowest BCUT2D eigenvalue weighted by molar-refractivity contribution is 0.0696. The van der Waals surface area contributed by atoms with Gasteiger partial charge < -0.3 is 15.3 Å². The third-order valence-electron chi connectivity index (χ3n) is 3.23. The molecular formula is C14H18O5. The van der Waals surface area contributed by atoms with Crippen molar-refractivity contribution in [2.75, 3.05) is 0 Å². The van der Waals surface area contributed by atoms with Gasteiger partial charge in [-0.25, -0.2) is 9.59 Å². The number of aromatic carboxylic acids is 1. The highest BCUT2D eigenvalue weighted by Crippen LogP contribution is 2.32. The van der Waals surface area contributed by atoms with Crippen LogP contribution in [0.2, 0.25) is 0 Å². The molecule has 0 amide bonds. The van der Waals surface area contributed by atoms with Crippen molar-refractivity contribution in [2.45, 2.75) is 38.0 Å². The number of hydrogen-bond donors (Lipinski definition) is 3. The first-order chi connectivity index (χ1) is 9.00. The highest BCUT2D eigenvalue weighted by Gasteiger charge is 2.15. The van der Waals surface area contributed by atoms with Crippen LogP contribution in [0, 0.1) is 0 Å². The zero-order valence-electron chi connectivity index (χ0n) is 10.6. The van der Waals surface area contributed by atoms with Crippen LogP contribution in [0.15, 0.2) is 24.3 Å². The molecule has 1 fully saturated rings. The predicted octanol–water partition coefficient (Wildman–Crippen LogP) is 3.65. The van der Waals surface area contributed by atoms with Crippen molar-refractivity contribution in [2.24, 2.45) is 0 Å². The molecule has 1 aromatic carbocycles. The molecule has 0 saturated heterocycles. The Bertz CT molecular complexity index is 414. The summed E-state index contributed by atoms with van der Waals surface area (Å²) in [6.07, 6.45) is 4.65. The van der Waals surface area contributed by atoms with Crippen molar-refractivity contribution in [3.8, 4) is 0 Å². The van der Waals surface area contributed by atoms with Gasteiger partial charge in [0, 0.05) is 0 Å². The van der Waals surface area contributed by atoms with Crippen LogP contribution in [0.25, 0.3) is 0 Å². The van der Waals surface area contributed by atoms with Crippen LogP contribution in [-0.4, -0.2) is 27.4 Å². The first-order valence-electron chi connectivity index (χ1n) is 6.26. The topological polar surface area (TPSA) is 94.8 Å². The van der Waals surface area contributed by atoms with Crippen molar-refractivity contribution in [3.05, 3.63) is 35.4 Å². The summed E-state index contributed by atoms with van der Waals surface area (Å²) in [6, 6.07) is 7.37. The van der Waals surface area contributed by atoms with Crippen LogP contribution < -0.4 is 0 Å². The average Bonchev–Trinajstić information content (AvgIpc) is 2.39. The largest absolute Gasteiger partial charge is 0.503 e. The molecule has 0 radical (unpaired) electrons. The number of carboxylic acid groups (broad SMARTS) is 3. The first kappa shape index (κ1) is 15.0. The minimum absolute atomic E-state index is 0.384. The van der Waals surface area contributed by atoms with E-state index in [0.717, 1.165) is 0 Å². The van der Waals surface area contributed by atoms with Gasteiger partial charge in [-0.1, -0.05) is 31.4 Å². The summed E-state index contributed by atoms with van der Waals surface area (Å²) in [5, 5.41) is 22.7. The SMILES string of the molecule is O=C(O)O.O=C(O)c1ccc(C2CCCCC2)cc1. The van der Waals surface area contributed by atoms with Crippen LogP contribution in [0.4, 0.5) is 4.79 Å². The molecule has 2 rings (SSSR count). The van der Waals surface area contributed by atoms with Gasteiger partial charge in [0.05, 0.1) is 5.56 Å². The summed E-state index contributed by atoms with van der Waals surface area (Å²) in [6.45, 7) is 0. The van der Waals surface area contributed by atoms with E-state index < -0.39 is 12.1 Å². The molecular weight excluding hydrogens is 248 g/mol. The van der Waals surface area contributed by atoms with Crippen molar-refractivity contribution >= 4 is 12.1 Å². The molecule has 0 aliphatic heterocycles. The Balaban J connectivity index is 0.000000399. The van der Waals surface area contributed by atoms with Gasteiger partial charge in [-0.3, -0.25) is 0 Å². The van der Waals surface area contributed by atoms with E-state index in [-0.39, 0.29) is 0 Å². The van der Waals surface area contributed by atoms with Crippen LogP contribution in [0.5, 0.6) is 0 Å². The van der Waals surface area contributed by atoms with E-state index in [1.54, 1.807) is 12.1 Å². The van der Waals surface area contributed by atoms with Crippen molar-refractivity contribution in [1.82, 2.24) is 0 Å². The fraction of sp³-hybridized carbons (Fsp3) is 0.429. The zero-order chi connectivity index (χ0) is 14.3. The maximum atomic E-state index is 10.7. The van der Waals surface area contributed by atoms with Gasteiger partial charge in [0.1, 0.15) is 0 Å². The highest BCUT2D eigenvalue weighted by molar-refractivity contribution is 5.87. The maximum absolute atomic E-state index is 10.7. The normalized spacial score (nSPS) is 15.2. The summed E-state index contributed by atoms with van der Waals surface area (Å²) >= 11 is 0. The third kappa shape index (κ3) is 5.42. The Hall–Kier alpha value is -2.04. The molecule has 3 N–H and O–H groups in total. The maximum Gasteiger partial charge on any atom is 0.503 e. The van der Waals surface area contributed by atoms with Crippen molar-refractivity contribution < 1.29 is 24.9 Å².